The Bertz CT molecular complexity index is 649. The van der Waals surface area contributed by atoms with Gasteiger partial charge >= 0.3 is 5.69 Å². The molecule has 0 radical (unpaired) electrons. The van der Waals surface area contributed by atoms with Gasteiger partial charge in [0.15, 0.2) is 5.78 Å². The fourth-order valence-corrected chi connectivity index (χ4v) is 2.15. The van der Waals surface area contributed by atoms with Crippen LogP contribution in [-0.2, 0) is 0 Å². The van der Waals surface area contributed by atoms with Crippen LogP contribution >= 0.6 is 0 Å². The zero-order valence-corrected chi connectivity index (χ0v) is 9.25. The molecule has 0 aliphatic heterocycles. The lowest BCUT2D eigenvalue weighted by molar-refractivity contribution is 0.0906. The van der Waals surface area contributed by atoms with Crippen molar-refractivity contribution in [2.75, 3.05) is 6.54 Å². The second-order valence-corrected chi connectivity index (χ2v) is 4.65. The van der Waals surface area contributed by atoms with E-state index in [9.17, 15) is 9.59 Å². The topological polar surface area (TPSA) is 91.7 Å². The van der Waals surface area contributed by atoms with Crippen LogP contribution in [0.5, 0.6) is 0 Å². The smallest absolute Gasteiger partial charge is 0.323 e. The van der Waals surface area contributed by atoms with Gasteiger partial charge in [-0.2, -0.15) is 0 Å². The fraction of sp³-hybridized carbons (Fsp3) is 0.333. The Hall–Kier alpha value is -1.88. The van der Waals surface area contributed by atoms with Crippen molar-refractivity contribution < 1.29 is 4.79 Å². The number of H-pyrrole nitrogens is 2. The molecule has 1 aromatic carbocycles. The van der Waals surface area contributed by atoms with Crippen molar-refractivity contribution in [1.82, 2.24) is 9.97 Å². The number of imidazole rings is 1. The number of aromatic nitrogens is 2. The van der Waals surface area contributed by atoms with E-state index in [4.69, 9.17) is 5.73 Å². The zero-order valence-electron chi connectivity index (χ0n) is 9.25. The van der Waals surface area contributed by atoms with E-state index in [0.717, 1.165) is 12.8 Å². The summed E-state index contributed by atoms with van der Waals surface area (Å²) in [6, 6.07) is 5.20. The Labute approximate surface area is 97.0 Å². The molecule has 0 atom stereocenters. The van der Waals surface area contributed by atoms with Gasteiger partial charge in [-0.25, -0.2) is 4.79 Å². The van der Waals surface area contributed by atoms with E-state index in [2.05, 4.69) is 9.97 Å². The van der Waals surface area contributed by atoms with Gasteiger partial charge in [0.25, 0.3) is 0 Å². The molecule has 4 N–H and O–H groups in total. The Morgan fingerprint density at radius 2 is 2.00 bits per heavy atom. The van der Waals surface area contributed by atoms with Crippen LogP contribution in [0.4, 0.5) is 0 Å². The zero-order chi connectivity index (χ0) is 12.0. The van der Waals surface area contributed by atoms with E-state index in [-0.39, 0.29) is 16.9 Å². The molecule has 0 amide bonds. The number of rotatable bonds is 3. The second kappa shape index (κ2) is 3.30. The third kappa shape index (κ3) is 1.51. The third-order valence-electron chi connectivity index (χ3n) is 3.50. The molecule has 1 aliphatic rings. The third-order valence-corrected chi connectivity index (χ3v) is 3.50. The molecule has 1 aliphatic carbocycles. The first kappa shape index (κ1) is 10.3. The van der Waals surface area contributed by atoms with E-state index in [1.165, 1.54) is 0 Å². The molecular weight excluding hydrogens is 218 g/mol. The molecule has 1 aromatic heterocycles. The number of hydrogen-bond donors (Lipinski definition) is 3. The van der Waals surface area contributed by atoms with Crippen LogP contribution in [-0.4, -0.2) is 22.3 Å². The minimum Gasteiger partial charge on any atom is -0.329 e. The van der Waals surface area contributed by atoms with Crippen LogP contribution in [0.15, 0.2) is 23.0 Å². The van der Waals surface area contributed by atoms with E-state index in [1.54, 1.807) is 18.2 Å². The second-order valence-electron chi connectivity index (χ2n) is 4.65. The van der Waals surface area contributed by atoms with Crippen molar-refractivity contribution >= 4 is 16.8 Å². The van der Waals surface area contributed by atoms with Crippen molar-refractivity contribution in [2.45, 2.75) is 12.8 Å². The molecule has 1 heterocycles. The number of nitrogens with two attached hydrogens (primary N) is 1. The molecule has 1 fully saturated rings. The van der Waals surface area contributed by atoms with Gasteiger partial charge in [-0.3, -0.25) is 4.79 Å². The van der Waals surface area contributed by atoms with Gasteiger partial charge in [-0.05, 0) is 31.0 Å². The highest BCUT2D eigenvalue weighted by molar-refractivity contribution is 6.04. The first-order chi connectivity index (χ1) is 8.14. The van der Waals surface area contributed by atoms with Crippen molar-refractivity contribution in [2.24, 2.45) is 11.1 Å². The van der Waals surface area contributed by atoms with E-state index in [0.29, 0.717) is 23.1 Å². The molecule has 17 heavy (non-hydrogen) atoms. The highest BCUT2D eigenvalue weighted by Crippen LogP contribution is 2.47. The number of ketones is 1. The highest BCUT2D eigenvalue weighted by Gasteiger charge is 2.48. The molecule has 0 bridgehead atoms. The summed E-state index contributed by atoms with van der Waals surface area (Å²) in [4.78, 5) is 28.6. The number of aromatic amines is 2. The lowest BCUT2D eigenvalue weighted by atomic mass is 9.95. The molecule has 2 aromatic rings. The van der Waals surface area contributed by atoms with Gasteiger partial charge in [0, 0.05) is 17.5 Å². The van der Waals surface area contributed by atoms with Crippen molar-refractivity contribution in [3.63, 3.8) is 0 Å². The van der Waals surface area contributed by atoms with Crippen LogP contribution in [0.3, 0.4) is 0 Å². The fourth-order valence-electron chi connectivity index (χ4n) is 2.15. The number of fused-ring (bicyclic) bond motifs is 1. The molecule has 0 spiro atoms. The molecule has 3 rings (SSSR count). The summed E-state index contributed by atoms with van der Waals surface area (Å²) >= 11 is 0. The van der Waals surface area contributed by atoms with Gasteiger partial charge < -0.3 is 15.7 Å². The first-order valence-corrected chi connectivity index (χ1v) is 5.62. The molecule has 1 saturated carbocycles. The van der Waals surface area contributed by atoms with Gasteiger partial charge in [0.2, 0.25) is 0 Å². The first-order valence-electron chi connectivity index (χ1n) is 5.62. The Balaban J connectivity index is 2.06. The highest BCUT2D eigenvalue weighted by atomic mass is 16.1. The Morgan fingerprint density at radius 1 is 1.29 bits per heavy atom. The molecular formula is C12H13N3O2. The minimum atomic E-state index is -0.343. The molecule has 0 saturated heterocycles. The largest absolute Gasteiger partial charge is 0.329 e. The number of carbonyl (C=O) groups is 1. The van der Waals surface area contributed by atoms with Crippen molar-refractivity contribution in [3.05, 3.63) is 34.2 Å². The summed E-state index contributed by atoms with van der Waals surface area (Å²) in [7, 11) is 0. The van der Waals surface area contributed by atoms with Crippen molar-refractivity contribution in [1.29, 1.82) is 0 Å². The average molecular weight is 231 g/mol. The Kier molecular flexibility index (Phi) is 2.00. The van der Waals surface area contributed by atoms with Crippen LogP contribution in [0.1, 0.15) is 23.2 Å². The van der Waals surface area contributed by atoms with Gasteiger partial charge in [-0.15, -0.1) is 0 Å². The van der Waals surface area contributed by atoms with Crippen LogP contribution < -0.4 is 11.4 Å². The maximum atomic E-state index is 12.2. The SMILES string of the molecule is NCC1(C(=O)c2ccc3[nH]c(=O)[nH]c3c2)CC1. The van der Waals surface area contributed by atoms with Crippen LogP contribution in [0.2, 0.25) is 0 Å². The number of carbonyl (C=O) groups excluding carboxylic acids is 1. The summed E-state index contributed by atoms with van der Waals surface area (Å²) in [5.74, 6) is 0.0870. The van der Waals surface area contributed by atoms with E-state index in [1.807, 2.05) is 0 Å². The summed E-state index contributed by atoms with van der Waals surface area (Å²) in [5, 5.41) is 0. The predicted octanol–water partition coefficient (Wildman–Crippen LogP) is 0.778. The quantitative estimate of drug-likeness (QED) is 0.681. The van der Waals surface area contributed by atoms with Crippen molar-refractivity contribution in [3.8, 4) is 0 Å². The minimum absolute atomic E-state index is 0.0870. The average Bonchev–Trinajstić information content (AvgIpc) is 3.03. The van der Waals surface area contributed by atoms with Crippen LogP contribution in [0.25, 0.3) is 11.0 Å². The van der Waals surface area contributed by atoms with Gasteiger partial charge in [0.05, 0.1) is 11.0 Å². The molecule has 5 heteroatoms. The summed E-state index contributed by atoms with van der Waals surface area (Å²) in [6.45, 7) is 0.396. The lowest BCUT2D eigenvalue weighted by Crippen LogP contribution is -2.25. The number of nitrogens with one attached hydrogen (secondary N) is 2. The standard InChI is InChI=1S/C12H13N3O2/c13-6-12(3-4-12)10(16)7-1-2-8-9(5-7)15-11(17)14-8/h1-2,5H,3-4,6,13H2,(H2,14,15,17). The van der Waals surface area contributed by atoms with Gasteiger partial charge in [0.1, 0.15) is 0 Å². The molecule has 88 valence electrons. The number of hydrogen-bond acceptors (Lipinski definition) is 3. The Morgan fingerprint density at radius 3 is 2.65 bits per heavy atom. The summed E-state index contributed by atoms with van der Waals surface area (Å²) < 4.78 is 0. The van der Waals surface area contributed by atoms with E-state index < -0.39 is 0 Å². The molecule has 0 unspecified atom stereocenters. The molecule has 5 nitrogen and oxygen atoms in total. The predicted molar refractivity (Wildman–Crippen MR) is 64.0 cm³/mol. The van der Waals surface area contributed by atoms with Crippen LogP contribution in [0, 0.1) is 5.41 Å². The maximum absolute atomic E-state index is 12.2. The normalized spacial score (nSPS) is 17.2. The maximum Gasteiger partial charge on any atom is 0.323 e. The lowest BCUT2D eigenvalue weighted by Gasteiger charge is -2.10. The summed E-state index contributed by atoms with van der Waals surface area (Å²) in [6.07, 6.45) is 1.73. The number of benzene rings is 1. The monoisotopic (exact) mass is 231 g/mol. The number of Topliss-reactive ketones (excluding diaryl/α,β-unsaturated/α-hetero) is 1. The van der Waals surface area contributed by atoms with Gasteiger partial charge in [-0.1, -0.05) is 0 Å². The van der Waals surface area contributed by atoms with E-state index >= 15 is 0 Å². The summed E-state index contributed by atoms with van der Waals surface area (Å²) in [5.41, 5.74) is 7.03.